The highest BCUT2D eigenvalue weighted by molar-refractivity contribution is 6.07. The normalized spacial score (nSPS) is 15.7. The molecule has 0 aliphatic carbocycles. The molecule has 2 amide bonds. The van der Waals surface area contributed by atoms with Crippen molar-refractivity contribution in [2.45, 2.75) is 31.9 Å². The molecule has 0 radical (unpaired) electrons. The molecular weight excluding hydrogens is 410 g/mol. The topological polar surface area (TPSA) is 122 Å². The summed E-state index contributed by atoms with van der Waals surface area (Å²) in [6, 6.07) is 14.7. The van der Waals surface area contributed by atoms with E-state index in [0.717, 1.165) is 24.8 Å². The molecule has 1 fully saturated rings. The van der Waals surface area contributed by atoms with Gasteiger partial charge < -0.3 is 19.8 Å². The summed E-state index contributed by atoms with van der Waals surface area (Å²) < 4.78 is 13.0. The molecule has 1 aliphatic heterocycles. The fourth-order valence-corrected chi connectivity index (χ4v) is 3.45. The molecule has 0 saturated carbocycles. The summed E-state index contributed by atoms with van der Waals surface area (Å²) in [6.45, 7) is 0.804. The van der Waals surface area contributed by atoms with Crippen LogP contribution in [0.25, 0.3) is 11.3 Å². The Kier molecular flexibility index (Phi) is 6.63. The summed E-state index contributed by atoms with van der Waals surface area (Å²) in [6.07, 6.45) is 4.20. The second-order valence-electron chi connectivity index (χ2n) is 7.34. The van der Waals surface area contributed by atoms with E-state index in [1.165, 1.54) is 0 Å². The van der Waals surface area contributed by atoms with Gasteiger partial charge in [0.1, 0.15) is 12.0 Å². The zero-order chi connectivity index (χ0) is 22.3. The Balaban J connectivity index is 1.55. The van der Waals surface area contributed by atoms with Crippen molar-refractivity contribution in [1.29, 1.82) is 5.26 Å². The number of nitrogens with zero attached hydrogens (tertiary/aromatic N) is 3. The molecule has 3 heterocycles. The second kappa shape index (κ2) is 9.94. The van der Waals surface area contributed by atoms with Gasteiger partial charge in [-0.25, -0.2) is 4.68 Å². The smallest absolute Gasteiger partial charge is 0.291 e. The van der Waals surface area contributed by atoms with E-state index in [9.17, 15) is 9.59 Å². The number of anilines is 1. The summed E-state index contributed by atoms with van der Waals surface area (Å²) in [4.78, 5) is 25.5. The molecule has 4 rings (SSSR count). The van der Waals surface area contributed by atoms with Gasteiger partial charge in [-0.05, 0) is 31.4 Å². The lowest BCUT2D eigenvalue weighted by Crippen LogP contribution is -2.26. The van der Waals surface area contributed by atoms with Gasteiger partial charge in [0, 0.05) is 18.7 Å². The van der Waals surface area contributed by atoms with Gasteiger partial charge in [0.05, 0.1) is 24.4 Å². The fraction of sp³-hybridized carbons (Fsp3) is 0.304. The lowest BCUT2D eigenvalue weighted by Gasteiger charge is -2.22. The Labute approximate surface area is 185 Å². The SMILES string of the molecule is N#CCCNC(=O)c1nn(C2CCCCO2)cc1NC(=O)c1ccc(-c2ccccc2)o1. The molecule has 32 heavy (non-hydrogen) atoms. The minimum atomic E-state index is -0.498. The third-order valence-electron chi connectivity index (χ3n) is 5.06. The van der Waals surface area contributed by atoms with Crippen LogP contribution in [0, 0.1) is 11.3 Å². The highest BCUT2D eigenvalue weighted by atomic mass is 16.5. The standard InChI is InChI=1S/C23H23N5O4/c24-12-6-13-25-23(30)21-17(15-28(27-21)20-9-4-5-14-31-20)26-22(29)19-11-10-18(32-19)16-7-2-1-3-8-16/h1-3,7-8,10-11,15,20H,4-6,9,13-14H2,(H,25,30)(H,26,29). The number of hydrogen-bond acceptors (Lipinski definition) is 6. The minimum absolute atomic E-state index is 0.0558. The van der Waals surface area contributed by atoms with Crippen molar-refractivity contribution in [2.24, 2.45) is 0 Å². The minimum Gasteiger partial charge on any atom is -0.451 e. The number of aromatic nitrogens is 2. The average Bonchev–Trinajstić information content (AvgIpc) is 3.48. The van der Waals surface area contributed by atoms with Crippen LogP contribution in [-0.2, 0) is 4.74 Å². The van der Waals surface area contributed by atoms with E-state index >= 15 is 0 Å². The van der Waals surface area contributed by atoms with E-state index in [-0.39, 0.29) is 36.3 Å². The molecule has 0 bridgehead atoms. The molecule has 1 atom stereocenters. The van der Waals surface area contributed by atoms with E-state index in [0.29, 0.717) is 12.4 Å². The summed E-state index contributed by atoms with van der Waals surface area (Å²) in [5.41, 5.74) is 1.16. The zero-order valence-corrected chi connectivity index (χ0v) is 17.4. The van der Waals surface area contributed by atoms with Crippen LogP contribution in [0.15, 0.2) is 53.1 Å². The highest BCUT2D eigenvalue weighted by Crippen LogP contribution is 2.26. The Morgan fingerprint density at radius 1 is 1.16 bits per heavy atom. The van der Waals surface area contributed by atoms with Gasteiger partial charge in [-0.2, -0.15) is 10.4 Å². The first kappa shape index (κ1) is 21.3. The van der Waals surface area contributed by atoms with Gasteiger partial charge in [-0.3, -0.25) is 9.59 Å². The number of furan rings is 1. The molecule has 1 unspecified atom stereocenters. The molecule has 3 aromatic rings. The van der Waals surface area contributed by atoms with Crippen LogP contribution in [0.4, 0.5) is 5.69 Å². The van der Waals surface area contributed by atoms with Crippen molar-refractivity contribution in [3.63, 3.8) is 0 Å². The van der Waals surface area contributed by atoms with Crippen molar-refractivity contribution in [2.75, 3.05) is 18.5 Å². The summed E-state index contributed by atoms with van der Waals surface area (Å²) >= 11 is 0. The Bertz CT molecular complexity index is 1120. The quantitative estimate of drug-likeness (QED) is 0.547. The maximum atomic E-state index is 12.8. The van der Waals surface area contributed by atoms with Crippen LogP contribution in [0.1, 0.15) is 53.0 Å². The third kappa shape index (κ3) is 4.87. The van der Waals surface area contributed by atoms with Crippen molar-refractivity contribution >= 4 is 17.5 Å². The average molecular weight is 433 g/mol. The number of carbonyl (C=O) groups is 2. The van der Waals surface area contributed by atoms with E-state index in [2.05, 4.69) is 15.7 Å². The Morgan fingerprint density at radius 2 is 2.00 bits per heavy atom. The van der Waals surface area contributed by atoms with Gasteiger partial charge in [0.2, 0.25) is 0 Å². The number of rotatable bonds is 7. The monoisotopic (exact) mass is 433 g/mol. The number of carbonyl (C=O) groups excluding carboxylic acids is 2. The van der Waals surface area contributed by atoms with Crippen molar-refractivity contribution in [1.82, 2.24) is 15.1 Å². The van der Waals surface area contributed by atoms with Crippen molar-refractivity contribution in [3.8, 4) is 17.4 Å². The number of ether oxygens (including phenoxy) is 1. The third-order valence-corrected chi connectivity index (χ3v) is 5.06. The zero-order valence-electron chi connectivity index (χ0n) is 17.4. The molecule has 164 valence electrons. The van der Waals surface area contributed by atoms with Crippen molar-refractivity contribution < 1.29 is 18.7 Å². The van der Waals surface area contributed by atoms with E-state index in [1.807, 2.05) is 36.4 Å². The first-order chi connectivity index (χ1) is 15.7. The molecule has 9 nitrogen and oxygen atoms in total. The molecule has 1 aromatic carbocycles. The summed E-state index contributed by atoms with van der Waals surface area (Å²) in [7, 11) is 0. The second-order valence-corrected chi connectivity index (χ2v) is 7.34. The van der Waals surface area contributed by atoms with Crippen LogP contribution >= 0.6 is 0 Å². The molecule has 2 N–H and O–H groups in total. The van der Waals surface area contributed by atoms with Crippen LogP contribution < -0.4 is 10.6 Å². The lowest BCUT2D eigenvalue weighted by molar-refractivity contribution is -0.0395. The van der Waals surface area contributed by atoms with Gasteiger partial charge in [-0.1, -0.05) is 30.3 Å². The number of nitrogens with one attached hydrogen (secondary N) is 2. The van der Waals surface area contributed by atoms with Crippen LogP contribution in [0.5, 0.6) is 0 Å². The van der Waals surface area contributed by atoms with Crippen molar-refractivity contribution in [3.05, 3.63) is 60.1 Å². The van der Waals surface area contributed by atoms with Crippen LogP contribution in [-0.4, -0.2) is 34.7 Å². The molecule has 1 aliphatic rings. The Morgan fingerprint density at radius 3 is 2.75 bits per heavy atom. The molecule has 9 heteroatoms. The predicted molar refractivity (Wildman–Crippen MR) is 116 cm³/mol. The predicted octanol–water partition coefficient (Wildman–Crippen LogP) is 3.74. The molecule has 1 saturated heterocycles. The van der Waals surface area contributed by atoms with Gasteiger partial charge in [0.25, 0.3) is 11.8 Å². The van der Waals surface area contributed by atoms with Crippen LogP contribution in [0.3, 0.4) is 0 Å². The maximum absolute atomic E-state index is 12.8. The summed E-state index contributed by atoms with van der Waals surface area (Å²) in [5.74, 6) is -0.297. The molecule has 2 aromatic heterocycles. The van der Waals surface area contributed by atoms with E-state index < -0.39 is 11.8 Å². The highest BCUT2D eigenvalue weighted by Gasteiger charge is 2.24. The maximum Gasteiger partial charge on any atom is 0.291 e. The number of amides is 2. The Hall–Kier alpha value is -3.90. The number of hydrogen-bond donors (Lipinski definition) is 2. The van der Waals surface area contributed by atoms with Gasteiger partial charge in [-0.15, -0.1) is 0 Å². The van der Waals surface area contributed by atoms with E-state index in [1.54, 1.807) is 23.0 Å². The largest absolute Gasteiger partial charge is 0.451 e. The lowest BCUT2D eigenvalue weighted by atomic mass is 10.2. The van der Waals surface area contributed by atoms with Gasteiger partial charge >= 0.3 is 0 Å². The number of nitriles is 1. The molecule has 0 spiro atoms. The first-order valence-electron chi connectivity index (χ1n) is 10.5. The van der Waals surface area contributed by atoms with Gasteiger partial charge in [0.15, 0.2) is 11.5 Å². The first-order valence-corrected chi connectivity index (χ1v) is 10.5. The fourth-order valence-electron chi connectivity index (χ4n) is 3.45. The molecular formula is C23H23N5O4. The number of benzene rings is 1. The van der Waals surface area contributed by atoms with Crippen LogP contribution in [0.2, 0.25) is 0 Å². The summed E-state index contributed by atoms with van der Waals surface area (Å²) in [5, 5.41) is 18.4. The van der Waals surface area contributed by atoms with E-state index in [4.69, 9.17) is 14.4 Å².